The molecule has 3 N–H and O–H groups in total. The van der Waals surface area contributed by atoms with Crippen molar-refractivity contribution in [1.82, 2.24) is 10.6 Å². The topological polar surface area (TPSA) is 61.4 Å². The smallest absolute Gasteiger partial charge is 0.315 e. The van der Waals surface area contributed by atoms with Crippen LogP contribution in [0.2, 0.25) is 0 Å². The van der Waals surface area contributed by atoms with Gasteiger partial charge in [-0.15, -0.1) is 0 Å². The summed E-state index contributed by atoms with van der Waals surface area (Å²) < 4.78 is 0. The number of hydrogen-bond donors (Lipinski definition) is 3. The lowest BCUT2D eigenvalue weighted by Gasteiger charge is -2.16. The van der Waals surface area contributed by atoms with Crippen LogP contribution >= 0.6 is 11.8 Å². The second-order valence-corrected chi connectivity index (χ2v) is 7.36. The van der Waals surface area contributed by atoms with Gasteiger partial charge in [0.25, 0.3) is 0 Å². The summed E-state index contributed by atoms with van der Waals surface area (Å²) in [5, 5.41) is 16.4. The predicted octanol–water partition coefficient (Wildman–Crippen LogP) is 2.56. The van der Waals surface area contributed by atoms with Crippen LogP contribution in [-0.4, -0.2) is 40.8 Å². The van der Waals surface area contributed by atoms with Crippen molar-refractivity contribution in [2.75, 3.05) is 12.3 Å². The van der Waals surface area contributed by atoms with Crippen molar-refractivity contribution in [3.63, 3.8) is 0 Å². The van der Waals surface area contributed by atoms with E-state index in [0.29, 0.717) is 11.7 Å². The second kappa shape index (κ2) is 9.06. The number of aliphatic hydroxyl groups excluding tert-OH is 1. The van der Waals surface area contributed by atoms with E-state index in [0.717, 1.165) is 24.2 Å². The van der Waals surface area contributed by atoms with Gasteiger partial charge in [0.1, 0.15) is 0 Å². The van der Waals surface area contributed by atoms with Gasteiger partial charge in [-0.1, -0.05) is 37.3 Å². The van der Waals surface area contributed by atoms with Crippen molar-refractivity contribution in [2.24, 2.45) is 0 Å². The summed E-state index contributed by atoms with van der Waals surface area (Å²) in [4.78, 5) is 11.9. The van der Waals surface area contributed by atoms with E-state index in [-0.39, 0.29) is 18.6 Å². The Balaban J connectivity index is 1.63. The molecule has 0 heterocycles. The molecule has 1 aromatic carbocycles. The second-order valence-electron chi connectivity index (χ2n) is 5.79. The summed E-state index contributed by atoms with van der Waals surface area (Å²) in [6.45, 7) is 2.45. The van der Waals surface area contributed by atoms with Crippen molar-refractivity contribution in [3.05, 3.63) is 35.9 Å². The third-order valence-corrected chi connectivity index (χ3v) is 5.17. The van der Waals surface area contributed by atoms with Crippen molar-refractivity contribution >= 4 is 17.8 Å². The van der Waals surface area contributed by atoms with Gasteiger partial charge in [-0.05, 0) is 30.6 Å². The summed E-state index contributed by atoms with van der Waals surface area (Å²) >= 11 is 1.98. The van der Waals surface area contributed by atoms with Gasteiger partial charge < -0.3 is 15.7 Å². The third kappa shape index (κ3) is 5.89. The number of hydrogen-bond acceptors (Lipinski definition) is 3. The molecule has 1 aliphatic rings. The highest BCUT2D eigenvalue weighted by Crippen LogP contribution is 2.29. The minimum absolute atomic E-state index is 0.167. The first kappa shape index (κ1) is 17.2. The van der Waals surface area contributed by atoms with E-state index in [9.17, 15) is 9.90 Å². The van der Waals surface area contributed by atoms with Crippen LogP contribution in [0.15, 0.2) is 30.3 Å². The highest BCUT2D eigenvalue weighted by atomic mass is 32.2. The van der Waals surface area contributed by atoms with Gasteiger partial charge in [0, 0.05) is 24.3 Å². The van der Waals surface area contributed by atoms with Crippen LogP contribution in [0.4, 0.5) is 4.79 Å². The maximum absolute atomic E-state index is 11.9. The van der Waals surface area contributed by atoms with Crippen LogP contribution in [0.1, 0.15) is 31.7 Å². The molecule has 1 aromatic rings. The molecule has 122 valence electrons. The molecule has 3 unspecified atom stereocenters. The molecule has 4 nitrogen and oxygen atoms in total. The number of rotatable bonds is 7. The van der Waals surface area contributed by atoms with Crippen LogP contribution in [-0.2, 0) is 6.42 Å². The monoisotopic (exact) mass is 322 g/mol. The van der Waals surface area contributed by atoms with Crippen LogP contribution < -0.4 is 10.6 Å². The standard InChI is InChI=1S/C17H26N2O2S/c1-2-22-16-9-8-14(11-16)19-17(21)18-12-15(20)10-13-6-4-3-5-7-13/h3-7,14-16,20H,2,8-12H2,1H3,(H2,18,19,21). The fourth-order valence-corrected chi connectivity index (χ4v) is 4.01. The molecule has 22 heavy (non-hydrogen) atoms. The number of urea groups is 1. The molecular weight excluding hydrogens is 296 g/mol. The molecule has 0 bridgehead atoms. The molecule has 0 radical (unpaired) electrons. The normalized spacial score (nSPS) is 22.3. The number of amides is 2. The summed E-state index contributed by atoms with van der Waals surface area (Å²) in [7, 11) is 0. The van der Waals surface area contributed by atoms with Gasteiger partial charge in [0.2, 0.25) is 0 Å². The lowest BCUT2D eigenvalue weighted by molar-refractivity contribution is 0.170. The Morgan fingerprint density at radius 3 is 2.86 bits per heavy atom. The molecule has 5 heteroatoms. The Hall–Kier alpha value is -1.20. The molecule has 0 aliphatic heterocycles. The lowest BCUT2D eigenvalue weighted by Crippen LogP contribution is -2.44. The minimum Gasteiger partial charge on any atom is -0.391 e. The van der Waals surface area contributed by atoms with Crippen molar-refractivity contribution < 1.29 is 9.90 Å². The highest BCUT2D eigenvalue weighted by molar-refractivity contribution is 7.99. The highest BCUT2D eigenvalue weighted by Gasteiger charge is 2.25. The Kier molecular flexibility index (Phi) is 7.06. The summed E-state index contributed by atoms with van der Waals surface area (Å²) in [5.41, 5.74) is 1.08. The maximum Gasteiger partial charge on any atom is 0.315 e. The largest absolute Gasteiger partial charge is 0.391 e. The van der Waals surface area contributed by atoms with Gasteiger partial charge >= 0.3 is 6.03 Å². The van der Waals surface area contributed by atoms with Crippen LogP contribution in [0.3, 0.4) is 0 Å². The first-order chi connectivity index (χ1) is 10.7. The molecule has 2 amide bonds. The average Bonchev–Trinajstić information content (AvgIpc) is 2.94. The Bertz CT molecular complexity index is 455. The average molecular weight is 322 g/mol. The third-order valence-electron chi connectivity index (χ3n) is 3.93. The zero-order chi connectivity index (χ0) is 15.8. The zero-order valence-electron chi connectivity index (χ0n) is 13.1. The van der Waals surface area contributed by atoms with Crippen LogP contribution in [0, 0.1) is 0 Å². The summed E-state index contributed by atoms with van der Waals surface area (Å²) in [6, 6.07) is 9.92. The maximum atomic E-state index is 11.9. The molecule has 0 aromatic heterocycles. The summed E-state index contributed by atoms with van der Waals surface area (Å²) in [6.07, 6.45) is 3.29. The van der Waals surface area contributed by atoms with E-state index in [2.05, 4.69) is 17.6 Å². The van der Waals surface area contributed by atoms with Gasteiger partial charge in [0.15, 0.2) is 0 Å². The van der Waals surface area contributed by atoms with E-state index in [4.69, 9.17) is 0 Å². The quantitative estimate of drug-likeness (QED) is 0.723. The Morgan fingerprint density at radius 1 is 1.36 bits per heavy atom. The van der Waals surface area contributed by atoms with Crippen LogP contribution in [0.5, 0.6) is 0 Å². The van der Waals surface area contributed by atoms with E-state index in [1.807, 2.05) is 42.1 Å². The van der Waals surface area contributed by atoms with Crippen molar-refractivity contribution in [2.45, 2.75) is 50.0 Å². The van der Waals surface area contributed by atoms with Gasteiger partial charge in [0.05, 0.1) is 6.10 Å². The molecule has 1 fully saturated rings. The molecule has 2 rings (SSSR count). The van der Waals surface area contributed by atoms with Gasteiger partial charge in [-0.3, -0.25) is 0 Å². The summed E-state index contributed by atoms with van der Waals surface area (Å²) in [5.74, 6) is 1.13. The molecule has 1 saturated carbocycles. The fraction of sp³-hybridized carbons (Fsp3) is 0.588. The van der Waals surface area contributed by atoms with E-state index >= 15 is 0 Å². The molecule has 3 atom stereocenters. The number of aliphatic hydroxyl groups is 1. The predicted molar refractivity (Wildman–Crippen MR) is 92.2 cm³/mol. The van der Waals surface area contributed by atoms with Gasteiger partial charge in [-0.2, -0.15) is 11.8 Å². The Labute approximate surface area is 137 Å². The number of nitrogens with one attached hydrogen (secondary N) is 2. The lowest BCUT2D eigenvalue weighted by atomic mass is 10.1. The number of carbonyl (C=O) groups is 1. The van der Waals surface area contributed by atoms with Crippen molar-refractivity contribution in [3.8, 4) is 0 Å². The number of carbonyl (C=O) groups excluding carboxylic acids is 1. The molecule has 0 spiro atoms. The zero-order valence-corrected chi connectivity index (χ0v) is 13.9. The Morgan fingerprint density at radius 2 is 2.14 bits per heavy atom. The van der Waals surface area contributed by atoms with Crippen molar-refractivity contribution in [1.29, 1.82) is 0 Å². The number of thioether (sulfide) groups is 1. The van der Waals surface area contributed by atoms with E-state index in [1.165, 1.54) is 6.42 Å². The number of benzene rings is 1. The minimum atomic E-state index is -0.555. The first-order valence-electron chi connectivity index (χ1n) is 8.05. The molecule has 0 saturated heterocycles. The SMILES string of the molecule is CCSC1CCC(NC(=O)NCC(O)Cc2ccccc2)C1. The van der Waals surface area contributed by atoms with E-state index in [1.54, 1.807) is 0 Å². The molecule has 1 aliphatic carbocycles. The fourth-order valence-electron chi connectivity index (χ4n) is 2.86. The molecular formula is C17H26N2O2S. The van der Waals surface area contributed by atoms with Crippen LogP contribution in [0.25, 0.3) is 0 Å². The first-order valence-corrected chi connectivity index (χ1v) is 9.10. The van der Waals surface area contributed by atoms with E-state index < -0.39 is 6.10 Å². The van der Waals surface area contributed by atoms with Gasteiger partial charge in [-0.25, -0.2) is 4.79 Å².